The van der Waals surface area contributed by atoms with Crippen molar-refractivity contribution in [2.75, 3.05) is 26.4 Å². The van der Waals surface area contributed by atoms with Crippen LogP contribution in [0.5, 0.6) is 0 Å². The Morgan fingerprint density at radius 3 is 2.52 bits per heavy atom. The van der Waals surface area contributed by atoms with Crippen LogP contribution in [0.3, 0.4) is 0 Å². The molecule has 1 atom stereocenters. The van der Waals surface area contributed by atoms with Gasteiger partial charge in [-0.15, -0.1) is 5.10 Å². The van der Waals surface area contributed by atoms with Crippen molar-refractivity contribution in [1.29, 1.82) is 0 Å². The van der Waals surface area contributed by atoms with Crippen LogP contribution in [0.2, 0.25) is 0 Å². The number of hydrogen-bond donors (Lipinski definition) is 2. The van der Waals surface area contributed by atoms with Crippen LogP contribution in [0, 0.1) is 0 Å². The molecule has 29 heavy (non-hydrogen) atoms. The van der Waals surface area contributed by atoms with Gasteiger partial charge >= 0.3 is 0 Å². The summed E-state index contributed by atoms with van der Waals surface area (Å²) in [6.45, 7) is 2.68. The Morgan fingerprint density at radius 2 is 1.86 bits per heavy atom. The Hall–Kier alpha value is -2.64. The minimum Gasteiger partial charge on any atom is -0.353 e. The highest BCUT2D eigenvalue weighted by Gasteiger charge is 2.15. The molecule has 0 saturated carbocycles. The number of carbonyl (C=O) groups excluding carboxylic acids is 1. The maximum absolute atomic E-state index is 12.3. The Morgan fingerprint density at radius 1 is 1.14 bits per heavy atom. The number of aromatic nitrogens is 3. The van der Waals surface area contributed by atoms with Crippen molar-refractivity contribution in [2.45, 2.75) is 24.5 Å². The molecule has 6 nitrogen and oxygen atoms in total. The average molecular weight is 410 g/mol. The van der Waals surface area contributed by atoms with Crippen molar-refractivity contribution in [1.82, 2.24) is 25.4 Å². The summed E-state index contributed by atoms with van der Waals surface area (Å²) >= 11 is 1.33. The van der Waals surface area contributed by atoms with Crippen molar-refractivity contribution < 1.29 is 4.79 Å². The number of aromatic amines is 1. The second-order valence-corrected chi connectivity index (χ2v) is 7.94. The van der Waals surface area contributed by atoms with Crippen LogP contribution in [0.25, 0.3) is 11.4 Å². The molecule has 0 bridgehead atoms. The number of nitrogens with one attached hydrogen (secondary N) is 2. The van der Waals surface area contributed by atoms with E-state index < -0.39 is 0 Å². The highest BCUT2D eigenvalue weighted by Crippen LogP contribution is 2.20. The second-order valence-electron chi connectivity index (χ2n) is 7.00. The third-order valence-electron chi connectivity index (χ3n) is 4.73. The third-order valence-corrected chi connectivity index (χ3v) is 5.58. The highest BCUT2D eigenvalue weighted by atomic mass is 32.2. The van der Waals surface area contributed by atoms with Gasteiger partial charge in [0.15, 0.2) is 5.82 Å². The number of amides is 1. The number of carbonyl (C=O) groups is 1. The standard InChI is InChI=1S/C22H27N5OS/c1-4-16-10-12-18(13-11-16)21-24-22(26-25-21)29-15-20(28)23-14-19(27(2)3)17-8-6-5-7-9-17/h5-13,19H,4,14-15H2,1-3H3,(H,23,28)(H,24,25,26)/t19-/m1/s1. The van der Waals surface area contributed by atoms with E-state index in [4.69, 9.17) is 0 Å². The molecule has 2 aromatic carbocycles. The Kier molecular flexibility index (Phi) is 7.43. The van der Waals surface area contributed by atoms with Crippen molar-refractivity contribution in [2.24, 2.45) is 0 Å². The lowest BCUT2D eigenvalue weighted by Gasteiger charge is -2.25. The minimum atomic E-state index is -0.0311. The first-order valence-electron chi connectivity index (χ1n) is 9.69. The van der Waals surface area contributed by atoms with Crippen LogP contribution in [0.1, 0.15) is 24.1 Å². The fraction of sp³-hybridized carbons (Fsp3) is 0.318. The molecule has 0 aliphatic heterocycles. The number of thioether (sulfide) groups is 1. The molecule has 2 N–H and O–H groups in total. The molecule has 3 rings (SSSR count). The smallest absolute Gasteiger partial charge is 0.230 e. The van der Waals surface area contributed by atoms with Gasteiger partial charge in [0, 0.05) is 12.1 Å². The lowest BCUT2D eigenvalue weighted by atomic mass is 10.1. The van der Waals surface area contributed by atoms with Gasteiger partial charge in [0.2, 0.25) is 11.1 Å². The first-order valence-corrected chi connectivity index (χ1v) is 10.7. The van der Waals surface area contributed by atoms with Gasteiger partial charge in [-0.1, -0.05) is 73.3 Å². The van der Waals surface area contributed by atoms with E-state index in [1.165, 1.54) is 22.9 Å². The molecule has 1 aromatic heterocycles. The van der Waals surface area contributed by atoms with Crippen LogP contribution < -0.4 is 5.32 Å². The molecular weight excluding hydrogens is 382 g/mol. The summed E-state index contributed by atoms with van der Waals surface area (Å²) in [6.07, 6.45) is 1.01. The molecule has 3 aromatic rings. The van der Waals surface area contributed by atoms with Crippen LogP contribution in [-0.4, -0.2) is 52.4 Å². The first kappa shape index (κ1) is 21.1. The summed E-state index contributed by atoms with van der Waals surface area (Å²) in [6, 6.07) is 18.6. The van der Waals surface area contributed by atoms with Crippen molar-refractivity contribution >= 4 is 17.7 Å². The van der Waals surface area contributed by atoms with E-state index in [2.05, 4.69) is 56.6 Å². The van der Waals surface area contributed by atoms with Gasteiger partial charge in [0.05, 0.1) is 11.8 Å². The van der Waals surface area contributed by atoms with Gasteiger partial charge in [0.25, 0.3) is 0 Å². The quantitative estimate of drug-likeness (QED) is 0.529. The van der Waals surface area contributed by atoms with Gasteiger partial charge in [-0.3, -0.25) is 9.89 Å². The van der Waals surface area contributed by atoms with Gasteiger partial charge in [-0.05, 0) is 31.6 Å². The Bertz CT molecular complexity index is 908. The van der Waals surface area contributed by atoms with E-state index in [1.54, 1.807) is 0 Å². The van der Waals surface area contributed by atoms with E-state index in [-0.39, 0.29) is 17.7 Å². The molecule has 1 amide bonds. The van der Waals surface area contributed by atoms with Gasteiger partial charge in [-0.2, -0.15) is 0 Å². The fourth-order valence-electron chi connectivity index (χ4n) is 3.00. The summed E-state index contributed by atoms with van der Waals surface area (Å²) in [4.78, 5) is 18.9. The highest BCUT2D eigenvalue weighted by molar-refractivity contribution is 7.99. The van der Waals surface area contributed by atoms with E-state index >= 15 is 0 Å². The number of hydrogen-bond acceptors (Lipinski definition) is 5. The van der Waals surface area contributed by atoms with Gasteiger partial charge in [-0.25, -0.2) is 4.98 Å². The predicted octanol–water partition coefficient (Wildman–Crippen LogP) is 3.55. The largest absolute Gasteiger partial charge is 0.353 e. The van der Waals surface area contributed by atoms with Crippen molar-refractivity contribution in [3.8, 4) is 11.4 Å². The summed E-state index contributed by atoms with van der Waals surface area (Å²) in [5.74, 6) is 0.963. The summed E-state index contributed by atoms with van der Waals surface area (Å²) in [5.41, 5.74) is 3.45. The minimum absolute atomic E-state index is 0.0311. The topological polar surface area (TPSA) is 73.9 Å². The summed E-state index contributed by atoms with van der Waals surface area (Å²) in [5, 5.41) is 10.8. The SMILES string of the molecule is CCc1ccc(-c2nc(SCC(=O)NC[C@H](c3ccccc3)N(C)C)n[nH]2)cc1. The third kappa shape index (κ3) is 5.92. The Labute approximate surface area is 176 Å². The average Bonchev–Trinajstić information content (AvgIpc) is 3.22. The number of nitrogens with zero attached hydrogens (tertiary/aromatic N) is 3. The predicted molar refractivity (Wildman–Crippen MR) is 118 cm³/mol. The van der Waals surface area contributed by atoms with E-state index in [1.807, 2.05) is 44.4 Å². The summed E-state index contributed by atoms with van der Waals surface area (Å²) in [7, 11) is 4.03. The van der Waals surface area contributed by atoms with Crippen LogP contribution in [0.15, 0.2) is 59.8 Å². The fourth-order valence-corrected chi connectivity index (χ4v) is 3.63. The molecule has 0 aliphatic carbocycles. The zero-order chi connectivity index (χ0) is 20.6. The molecule has 152 valence electrons. The van der Waals surface area contributed by atoms with Crippen molar-refractivity contribution in [3.05, 3.63) is 65.7 Å². The second kappa shape index (κ2) is 10.2. The maximum Gasteiger partial charge on any atom is 0.230 e. The molecular formula is C22H27N5OS. The molecule has 0 fully saturated rings. The molecule has 7 heteroatoms. The molecule has 0 saturated heterocycles. The monoisotopic (exact) mass is 409 g/mol. The molecule has 0 radical (unpaired) electrons. The van der Waals surface area contributed by atoms with E-state index in [9.17, 15) is 4.79 Å². The molecule has 1 heterocycles. The number of rotatable bonds is 9. The lowest BCUT2D eigenvalue weighted by Crippen LogP contribution is -2.35. The molecule has 0 spiro atoms. The number of likely N-dealkylation sites (N-methyl/N-ethyl adjacent to an activating group) is 1. The zero-order valence-corrected chi connectivity index (χ0v) is 17.9. The molecule has 0 unspecified atom stereocenters. The number of aryl methyl sites for hydroxylation is 1. The normalized spacial score (nSPS) is 12.1. The Balaban J connectivity index is 1.51. The number of benzene rings is 2. The van der Waals surface area contributed by atoms with Crippen LogP contribution >= 0.6 is 11.8 Å². The summed E-state index contributed by atoms with van der Waals surface area (Å²) < 4.78 is 0. The lowest BCUT2D eigenvalue weighted by molar-refractivity contribution is -0.118. The van der Waals surface area contributed by atoms with Crippen LogP contribution in [-0.2, 0) is 11.2 Å². The van der Waals surface area contributed by atoms with Crippen molar-refractivity contribution in [3.63, 3.8) is 0 Å². The van der Waals surface area contributed by atoms with Crippen LogP contribution in [0.4, 0.5) is 0 Å². The van der Waals surface area contributed by atoms with E-state index in [0.717, 1.165) is 12.0 Å². The molecule has 0 aliphatic rings. The zero-order valence-electron chi connectivity index (χ0n) is 17.1. The van der Waals surface area contributed by atoms with E-state index in [0.29, 0.717) is 17.5 Å². The van der Waals surface area contributed by atoms with Gasteiger partial charge < -0.3 is 10.2 Å². The van der Waals surface area contributed by atoms with Gasteiger partial charge in [0.1, 0.15) is 0 Å². The maximum atomic E-state index is 12.3. The number of H-pyrrole nitrogens is 1. The first-order chi connectivity index (χ1) is 14.1.